The van der Waals surface area contributed by atoms with Crippen molar-refractivity contribution < 1.29 is 14.7 Å². The first-order chi connectivity index (χ1) is 11.9. The first-order valence-electron chi connectivity index (χ1n) is 8.08. The minimum absolute atomic E-state index is 0.0698. The van der Waals surface area contributed by atoms with Crippen LogP contribution in [0, 0.1) is 6.92 Å². The molecule has 0 spiro atoms. The number of aromatic nitrogens is 4. The summed E-state index contributed by atoms with van der Waals surface area (Å²) in [4.78, 5) is 41.3. The van der Waals surface area contributed by atoms with Crippen molar-refractivity contribution in [3.05, 3.63) is 33.9 Å². The van der Waals surface area contributed by atoms with Gasteiger partial charge in [0.25, 0.3) is 5.56 Å². The number of aromatic amines is 1. The maximum absolute atomic E-state index is 12.0. The Hall–Kier alpha value is -2.97. The smallest absolute Gasteiger partial charge is 0.303 e. The van der Waals surface area contributed by atoms with Crippen molar-refractivity contribution in [2.75, 3.05) is 5.32 Å². The number of carboxylic acids is 1. The summed E-state index contributed by atoms with van der Waals surface area (Å²) in [6.07, 6.45) is 1.76. The SMILES string of the molecule is CCCc1cc(=O)[nH]c(-n2nc(C)cc2NC(=O)CCCC(=O)O)n1. The highest BCUT2D eigenvalue weighted by Gasteiger charge is 2.14. The number of amides is 1. The Labute approximate surface area is 144 Å². The van der Waals surface area contributed by atoms with Crippen molar-refractivity contribution in [1.29, 1.82) is 0 Å². The minimum atomic E-state index is -0.941. The van der Waals surface area contributed by atoms with E-state index in [1.165, 1.54) is 10.7 Å². The van der Waals surface area contributed by atoms with Crippen LogP contribution in [0.2, 0.25) is 0 Å². The van der Waals surface area contributed by atoms with Crippen LogP contribution in [-0.4, -0.2) is 36.7 Å². The van der Waals surface area contributed by atoms with Crippen molar-refractivity contribution in [3.8, 4) is 5.95 Å². The lowest BCUT2D eigenvalue weighted by atomic mass is 10.2. The van der Waals surface area contributed by atoms with Gasteiger partial charge in [-0.05, 0) is 19.8 Å². The molecule has 134 valence electrons. The zero-order valence-electron chi connectivity index (χ0n) is 14.2. The number of aryl methyl sites for hydroxylation is 2. The van der Waals surface area contributed by atoms with Crippen LogP contribution in [0.1, 0.15) is 44.0 Å². The maximum Gasteiger partial charge on any atom is 0.303 e. The largest absolute Gasteiger partial charge is 0.481 e. The van der Waals surface area contributed by atoms with E-state index in [0.717, 1.165) is 6.42 Å². The van der Waals surface area contributed by atoms with E-state index in [9.17, 15) is 14.4 Å². The van der Waals surface area contributed by atoms with Crippen LogP contribution in [0.4, 0.5) is 5.82 Å². The molecule has 2 aromatic rings. The lowest BCUT2D eigenvalue weighted by Crippen LogP contribution is -2.19. The quantitative estimate of drug-likeness (QED) is 0.662. The standard InChI is InChI=1S/C16H21N5O4/c1-3-5-11-9-14(23)19-16(17-11)21-12(8-10(2)20-21)18-13(22)6-4-7-15(24)25/h8-9H,3-7H2,1-2H3,(H,18,22)(H,24,25)(H,17,19,23). The fourth-order valence-corrected chi connectivity index (χ4v) is 2.33. The van der Waals surface area contributed by atoms with Crippen LogP contribution >= 0.6 is 0 Å². The number of anilines is 1. The summed E-state index contributed by atoms with van der Waals surface area (Å²) >= 11 is 0. The summed E-state index contributed by atoms with van der Waals surface area (Å²) < 4.78 is 1.37. The van der Waals surface area contributed by atoms with E-state index in [0.29, 0.717) is 23.6 Å². The molecule has 0 aliphatic heterocycles. The van der Waals surface area contributed by atoms with Gasteiger partial charge in [-0.2, -0.15) is 9.78 Å². The molecule has 0 saturated heterocycles. The van der Waals surface area contributed by atoms with E-state index in [1.54, 1.807) is 13.0 Å². The fraction of sp³-hybridized carbons (Fsp3) is 0.438. The predicted molar refractivity (Wildman–Crippen MR) is 90.8 cm³/mol. The maximum atomic E-state index is 12.0. The predicted octanol–water partition coefficient (Wildman–Crippen LogP) is 1.41. The highest BCUT2D eigenvalue weighted by molar-refractivity contribution is 5.90. The van der Waals surface area contributed by atoms with E-state index >= 15 is 0 Å². The normalized spacial score (nSPS) is 10.6. The molecule has 9 heteroatoms. The van der Waals surface area contributed by atoms with Crippen molar-refractivity contribution in [2.45, 2.75) is 46.0 Å². The van der Waals surface area contributed by atoms with E-state index in [4.69, 9.17) is 5.11 Å². The van der Waals surface area contributed by atoms with Gasteiger partial charge in [0.1, 0.15) is 5.82 Å². The Morgan fingerprint density at radius 1 is 1.32 bits per heavy atom. The summed E-state index contributed by atoms with van der Waals surface area (Å²) in [6.45, 7) is 3.74. The molecule has 2 rings (SSSR count). The average Bonchev–Trinajstić information content (AvgIpc) is 2.87. The number of carbonyl (C=O) groups excluding carboxylic acids is 1. The Morgan fingerprint density at radius 2 is 2.08 bits per heavy atom. The van der Waals surface area contributed by atoms with Crippen LogP contribution < -0.4 is 10.9 Å². The van der Waals surface area contributed by atoms with Crippen LogP contribution in [0.15, 0.2) is 16.9 Å². The number of carbonyl (C=O) groups is 2. The zero-order valence-corrected chi connectivity index (χ0v) is 14.2. The molecular weight excluding hydrogens is 326 g/mol. The van der Waals surface area contributed by atoms with Gasteiger partial charge in [-0.3, -0.25) is 19.4 Å². The number of hydrogen-bond donors (Lipinski definition) is 3. The van der Waals surface area contributed by atoms with Gasteiger partial charge in [-0.15, -0.1) is 0 Å². The third kappa shape index (κ3) is 5.27. The minimum Gasteiger partial charge on any atom is -0.481 e. The molecule has 0 unspecified atom stereocenters. The van der Waals surface area contributed by atoms with Crippen LogP contribution in [-0.2, 0) is 16.0 Å². The first kappa shape index (κ1) is 18.4. The average molecular weight is 347 g/mol. The van der Waals surface area contributed by atoms with Gasteiger partial charge in [0, 0.05) is 30.7 Å². The number of hydrogen-bond acceptors (Lipinski definition) is 5. The number of nitrogens with one attached hydrogen (secondary N) is 2. The highest BCUT2D eigenvalue weighted by Crippen LogP contribution is 2.15. The third-order valence-corrected chi connectivity index (χ3v) is 3.38. The number of aliphatic carboxylic acids is 1. The van der Waals surface area contributed by atoms with Gasteiger partial charge in [0.15, 0.2) is 0 Å². The van der Waals surface area contributed by atoms with Crippen LogP contribution in [0.25, 0.3) is 5.95 Å². The van der Waals surface area contributed by atoms with Crippen molar-refractivity contribution in [3.63, 3.8) is 0 Å². The second-order valence-corrected chi connectivity index (χ2v) is 5.69. The molecule has 0 bridgehead atoms. The molecular formula is C16H21N5O4. The number of carboxylic acid groups (broad SMARTS) is 1. The van der Waals surface area contributed by atoms with E-state index < -0.39 is 5.97 Å². The van der Waals surface area contributed by atoms with Gasteiger partial charge < -0.3 is 10.4 Å². The summed E-state index contributed by atoms with van der Waals surface area (Å²) in [7, 11) is 0. The molecule has 9 nitrogen and oxygen atoms in total. The number of rotatable bonds is 8. The second kappa shape index (κ2) is 8.22. The van der Waals surface area contributed by atoms with Crippen molar-refractivity contribution in [2.24, 2.45) is 0 Å². The second-order valence-electron chi connectivity index (χ2n) is 5.69. The Kier molecular flexibility index (Phi) is 6.04. The Balaban J connectivity index is 2.22. The lowest BCUT2D eigenvalue weighted by molar-refractivity contribution is -0.137. The van der Waals surface area contributed by atoms with Crippen LogP contribution in [0.5, 0.6) is 0 Å². The summed E-state index contributed by atoms with van der Waals surface area (Å²) in [5.41, 5.74) is 0.998. The molecule has 0 radical (unpaired) electrons. The zero-order chi connectivity index (χ0) is 18.4. The molecule has 0 aliphatic carbocycles. The summed E-state index contributed by atoms with van der Waals surface area (Å²) in [5, 5.41) is 15.6. The Morgan fingerprint density at radius 3 is 2.76 bits per heavy atom. The van der Waals surface area contributed by atoms with Crippen LogP contribution in [0.3, 0.4) is 0 Å². The first-order valence-corrected chi connectivity index (χ1v) is 8.08. The number of nitrogens with zero attached hydrogens (tertiary/aromatic N) is 3. The summed E-state index contributed by atoms with van der Waals surface area (Å²) in [6, 6.07) is 3.09. The van der Waals surface area contributed by atoms with Crippen molar-refractivity contribution >= 4 is 17.7 Å². The van der Waals surface area contributed by atoms with Gasteiger partial charge >= 0.3 is 5.97 Å². The molecule has 25 heavy (non-hydrogen) atoms. The fourth-order valence-electron chi connectivity index (χ4n) is 2.33. The molecule has 2 heterocycles. The van der Waals surface area contributed by atoms with Gasteiger partial charge in [-0.25, -0.2) is 4.98 Å². The van der Waals surface area contributed by atoms with E-state index in [2.05, 4.69) is 20.4 Å². The van der Waals surface area contributed by atoms with Gasteiger partial charge in [0.2, 0.25) is 11.9 Å². The van der Waals surface area contributed by atoms with Gasteiger partial charge in [0.05, 0.1) is 5.69 Å². The lowest BCUT2D eigenvalue weighted by Gasteiger charge is -2.09. The van der Waals surface area contributed by atoms with E-state index in [1.807, 2.05) is 6.92 Å². The molecule has 0 atom stereocenters. The molecule has 0 aliphatic rings. The molecule has 0 saturated carbocycles. The third-order valence-electron chi connectivity index (χ3n) is 3.38. The van der Waals surface area contributed by atoms with Crippen molar-refractivity contribution in [1.82, 2.24) is 19.7 Å². The molecule has 0 fully saturated rings. The molecule has 0 aromatic carbocycles. The molecule has 3 N–H and O–H groups in total. The van der Waals surface area contributed by atoms with E-state index in [-0.39, 0.29) is 36.7 Å². The molecule has 1 amide bonds. The van der Waals surface area contributed by atoms with Gasteiger partial charge in [-0.1, -0.05) is 13.3 Å². The number of H-pyrrole nitrogens is 1. The topological polar surface area (TPSA) is 130 Å². The molecule has 2 aromatic heterocycles. The highest BCUT2D eigenvalue weighted by atomic mass is 16.4. The Bertz CT molecular complexity index is 824. The monoisotopic (exact) mass is 347 g/mol. The summed E-state index contributed by atoms with van der Waals surface area (Å²) in [5.74, 6) is -0.669.